The van der Waals surface area contributed by atoms with Gasteiger partial charge < -0.3 is 9.67 Å². The minimum absolute atomic E-state index is 0.130. The molecule has 0 saturated carbocycles. The molecule has 0 fully saturated rings. The number of nitrogens with zero attached hydrogens (tertiary/aromatic N) is 1. The molecule has 0 bridgehead atoms. The summed E-state index contributed by atoms with van der Waals surface area (Å²) in [5.74, 6) is -1.49. The zero-order valence-corrected chi connectivity index (χ0v) is 11.6. The third-order valence-electron chi connectivity index (χ3n) is 3.37. The molecule has 0 atom stereocenters. The Labute approximate surface area is 125 Å². The van der Waals surface area contributed by atoms with Crippen LogP contribution in [0.3, 0.4) is 0 Å². The maximum atomic E-state index is 13.9. The van der Waals surface area contributed by atoms with E-state index in [-0.39, 0.29) is 12.2 Å². The molecular formula is C16H11ClFNO2. The molecule has 21 heavy (non-hydrogen) atoms. The fraction of sp³-hybridized carbons (Fsp3) is 0.0625. The van der Waals surface area contributed by atoms with Gasteiger partial charge in [0.05, 0.1) is 6.54 Å². The molecule has 2 aromatic carbocycles. The third kappa shape index (κ3) is 2.50. The molecule has 3 rings (SSSR count). The van der Waals surface area contributed by atoms with E-state index in [4.69, 9.17) is 11.6 Å². The Balaban J connectivity index is 2.14. The Morgan fingerprint density at radius 2 is 1.95 bits per heavy atom. The zero-order chi connectivity index (χ0) is 15.0. The van der Waals surface area contributed by atoms with Gasteiger partial charge in [-0.3, -0.25) is 0 Å². The van der Waals surface area contributed by atoms with Gasteiger partial charge in [-0.05, 0) is 24.3 Å². The van der Waals surface area contributed by atoms with Crippen LogP contribution in [0, 0.1) is 5.82 Å². The molecule has 3 aromatic rings. The largest absolute Gasteiger partial charge is 0.477 e. The number of fused-ring (bicyclic) bond motifs is 1. The standard InChI is InChI=1S/C16H11ClFNO2/c17-12-6-5-11(13(18)8-12)9-19-14-4-2-1-3-10(14)7-15(19)16(20)21/h1-8H,9H2,(H,20,21). The van der Waals surface area contributed by atoms with Crippen molar-refractivity contribution in [1.82, 2.24) is 4.57 Å². The molecule has 0 aliphatic rings. The lowest BCUT2D eigenvalue weighted by atomic mass is 10.2. The minimum Gasteiger partial charge on any atom is -0.477 e. The van der Waals surface area contributed by atoms with Gasteiger partial charge in [0.15, 0.2) is 0 Å². The van der Waals surface area contributed by atoms with Gasteiger partial charge in [-0.15, -0.1) is 0 Å². The number of hydrogen-bond donors (Lipinski definition) is 1. The van der Waals surface area contributed by atoms with E-state index in [2.05, 4.69) is 0 Å². The highest BCUT2D eigenvalue weighted by molar-refractivity contribution is 6.30. The molecule has 0 spiro atoms. The fourth-order valence-electron chi connectivity index (χ4n) is 2.38. The van der Waals surface area contributed by atoms with E-state index in [0.29, 0.717) is 10.6 Å². The van der Waals surface area contributed by atoms with Crippen molar-refractivity contribution in [2.24, 2.45) is 0 Å². The van der Waals surface area contributed by atoms with E-state index in [1.807, 2.05) is 24.3 Å². The van der Waals surface area contributed by atoms with E-state index < -0.39 is 11.8 Å². The molecule has 1 N–H and O–H groups in total. The summed E-state index contributed by atoms with van der Waals surface area (Å²) in [4.78, 5) is 11.4. The number of aromatic carboxylic acids is 1. The van der Waals surface area contributed by atoms with E-state index in [9.17, 15) is 14.3 Å². The third-order valence-corrected chi connectivity index (χ3v) is 3.61. The highest BCUT2D eigenvalue weighted by Gasteiger charge is 2.15. The van der Waals surface area contributed by atoms with Gasteiger partial charge in [0.25, 0.3) is 0 Å². The lowest BCUT2D eigenvalue weighted by Gasteiger charge is -2.09. The molecule has 0 radical (unpaired) electrons. The first kappa shape index (κ1) is 13.6. The van der Waals surface area contributed by atoms with Crippen LogP contribution in [0.2, 0.25) is 5.02 Å². The van der Waals surface area contributed by atoms with Crippen LogP contribution in [0.5, 0.6) is 0 Å². The van der Waals surface area contributed by atoms with Gasteiger partial charge >= 0.3 is 5.97 Å². The molecule has 3 nitrogen and oxygen atoms in total. The molecule has 0 aliphatic heterocycles. The Kier molecular flexibility index (Phi) is 3.39. The Bertz CT molecular complexity index is 841. The molecule has 0 unspecified atom stereocenters. The molecule has 1 heterocycles. The van der Waals surface area contributed by atoms with Crippen molar-refractivity contribution in [2.45, 2.75) is 6.54 Å². The summed E-state index contributed by atoms with van der Waals surface area (Å²) in [6.45, 7) is 0.137. The van der Waals surface area contributed by atoms with Crippen LogP contribution in [0.1, 0.15) is 16.1 Å². The van der Waals surface area contributed by atoms with E-state index >= 15 is 0 Å². The van der Waals surface area contributed by atoms with Crippen LogP contribution >= 0.6 is 11.6 Å². The molecular weight excluding hydrogens is 293 g/mol. The maximum absolute atomic E-state index is 13.9. The first-order valence-electron chi connectivity index (χ1n) is 6.32. The SMILES string of the molecule is O=C(O)c1cc2ccccc2n1Cc1ccc(Cl)cc1F. The van der Waals surface area contributed by atoms with Crippen LogP contribution < -0.4 is 0 Å². The predicted molar refractivity (Wildman–Crippen MR) is 79.4 cm³/mol. The van der Waals surface area contributed by atoms with Gasteiger partial charge in [0, 0.05) is 21.5 Å². The summed E-state index contributed by atoms with van der Waals surface area (Å²) in [6, 6.07) is 13.3. The van der Waals surface area contributed by atoms with Crippen LogP contribution in [-0.4, -0.2) is 15.6 Å². The summed E-state index contributed by atoms with van der Waals surface area (Å²) >= 11 is 5.73. The van der Waals surface area contributed by atoms with Crippen molar-refractivity contribution < 1.29 is 14.3 Å². The van der Waals surface area contributed by atoms with Crippen molar-refractivity contribution in [1.29, 1.82) is 0 Å². The smallest absolute Gasteiger partial charge is 0.352 e. The van der Waals surface area contributed by atoms with Gasteiger partial charge in [0.1, 0.15) is 11.5 Å². The number of carbonyl (C=O) groups is 1. The van der Waals surface area contributed by atoms with Crippen molar-refractivity contribution in [3.63, 3.8) is 0 Å². The summed E-state index contributed by atoms with van der Waals surface area (Å²) in [7, 11) is 0. The van der Waals surface area contributed by atoms with E-state index in [0.717, 1.165) is 10.9 Å². The first-order valence-corrected chi connectivity index (χ1v) is 6.69. The number of hydrogen-bond acceptors (Lipinski definition) is 1. The number of rotatable bonds is 3. The average Bonchev–Trinajstić information content (AvgIpc) is 2.81. The fourth-order valence-corrected chi connectivity index (χ4v) is 2.54. The second kappa shape index (κ2) is 5.22. The van der Waals surface area contributed by atoms with Crippen molar-refractivity contribution in [2.75, 3.05) is 0 Å². The van der Waals surface area contributed by atoms with Crippen molar-refractivity contribution >= 4 is 28.5 Å². The van der Waals surface area contributed by atoms with Crippen LogP contribution in [0.25, 0.3) is 10.9 Å². The van der Waals surface area contributed by atoms with Gasteiger partial charge in [0.2, 0.25) is 0 Å². The van der Waals surface area contributed by atoms with E-state index in [1.165, 1.54) is 6.07 Å². The van der Waals surface area contributed by atoms with Gasteiger partial charge in [-0.25, -0.2) is 9.18 Å². The molecule has 1 aromatic heterocycles. The summed E-state index contributed by atoms with van der Waals surface area (Å²) in [5.41, 5.74) is 1.28. The second-order valence-electron chi connectivity index (χ2n) is 4.72. The van der Waals surface area contributed by atoms with E-state index in [1.54, 1.807) is 22.8 Å². The molecule has 0 saturated heterocycles. The molecule has 5 heteroatoms. The zero-order valence-electron chi connectivity index (χ0n) is 10.9. The second-order valence-corrected chi connectivity index (χ2v) is 5.15. The van der Waals surface area contributed by atoms with Crippen LogP contribution in [0.4, 0.5) is 4.39 Å². The molecule has 0 amide bonds. The quantitative estimate of drug-likeness (QED) is 0.788. The van der Waals surface area contributed by atoms with Gasteiger partial charge in [-0.1, -0.05) is 35.9 Å². The number of aromatic nitrogens is 1. The lowest BCUT2D eigenvalue weighted by Crippen LogP contribution is -2.10. The highest BCUT2D eigenvalue weighted by atomic mass is 35.5. The maximum Gasteiger partial charge on any atom is 0.352 e. The van der Waals surface area contributed by atoms with Crippen molar-refractivity contribution in [3.05, 3.63) is 70.6 Å². The molecule has 0 aliphatic carbocycles. The Morgan fingerprint density at radius 3 is 2.67 bits per heavy atom. The molecule has 106 valence electrons. The van der Waals surface area contributed by atoms with Crippen LogP contribution in [-0.2, 0) is 6.54 Å². The van der Waals surface area contributed by atoms with Crippen molar-refractivity contribution in [3.8, 4) is 0 Å². The average molecular weight is 304 g/mol. The van der Waals surface area contributed by atoms with Gasteiger partial charge in [-0.2, -0.15) is 0 Å². The predicted octanol–water partition coefficient (Wildman–Crippen LogP) is 4.18. The summed E-state index contributed by atoms with van der Waals surface area (Å²) in [5, 5.41) is 10.4. The van der Waals surface area contributed by atoms with Crippen LogP contribution in [0.15, 0.2) is 48.5 Å². The number of carboxylic acids is 1. The number of para-hydroxylation sites is 1. The summed E-state index contributed by atoms with van der Waals surface area (Å²) < 4.78 is 15.5. The number of carboxylic acid groups (broad SMARTS) is 1. The topological polar surface area (TPSA) is 42.2 Å². The summed E-state index contributed by atoms with van der Waals surface area (Å²) in [6.07, 6.45) is 0. The Hall–Kier alpha value is -2.33. The number of halogens is 2. The minimum atomic E-state index is -1.04. The number of benzene rings is 2. The first-order chi connectivity index (χ1) is 10.1. The monoisotopic (exact) mass is 303 g/mol. The normalized spacial score (nSPS) is 11.0. The Morgan fingerprint density at radius 1 is 1.19 bits per heavy atom. The lowest BCUT2D eigenvalue weighted by molar-refractivity contribution is 0.0686. The highest BCUT2D eigenvalue weighted by Crippen LogP contribution is 2.23.